The molecule has 1 fully saturated rings. The fraction of sp³-hybridized carbons (Fsp3) is 0.500. The maximum atomic E-state index is 9.20. The van der Waals surface area contributed by atoms with E-state index in [2.05, 4.69) is 25.0 Å². The van der Waals surface area contributed by atoms with Gasteiger partial charge in [-0.1, -0.05) is 5.11 Å². The number of hydrogen-bond donors (Lipinski definition) is 2. The Bertz CT molecular complexity index is 679. The molecule has 3 N–H and O–H groups in total. The van der Waals surface area contributed by atoms with Crippen LogP contribution in [0.4, 0.5) is 5.82 Å². The Morgan fingerprint density at radius 1 is 1.50 bits per heavy atom. The number of aliphatic hydroxyl groups excluding tert-OH is 1. The lowest BCUT2D eigenvalue weighted by Gasteiger charge is -2.43. The van der Waals surface area contributed by atoms with Gasteiger partial charge in [0.05, 0.1) is 19.0 Å². The average Bonchev–Trinajstić information content (AvgIpc) is 2.84. The van der Waals surface area contributed by atoms with E-state index in [0.29, 0.717) is 17.0 Å². The number of fused-ring (bicyclic) bond motifs is 1. The molecule has 0 aliphatic carbocycles. The number of azide groups is 1. The number of rotatable bonds is 4. The van der Waals surface area contributed by atoms with Crippen LogP contribution < -0.4 is 5.73 Å². The van der Waals surface area contributed by atoms with Crippen LogP contribution in [0.25, 0.3) is 21.6 Å². The number of aromatic nitrogens is 4. The van der Waals surface area contributed by atoms with Crippen molar-refractivity contribution < 1.29 is 9.84 Å². The van der Waals surface area contributed by atoms with Gasteiger partial charge in [0.1, 0.15) is 18.1 Å². The summed E-state index contributed by atoms with van der Waals surface area (Å²) in [6.07, 6.45) is 2.15. The van der Waals surface area contributed by atoms with Crippen LogP contribution in [-0.4, -0.2) is 43.9 Å². The highest BCUT2D eigenvalue weighted by atomic mass is 16.5. The van der Waals surface area contributed by atoms with Crippen LogP contribution in [0.3, 0.4) is 0 Å². The lowest BCUT2D eigenvalue weighted by molar-refractivity contribution is -0.230. The molecule has 104 valence electrons. The summed E-state index contributed by atoms with van der Waals surface area (Å²) in [4.78, 5) is 14.9. The first-order chi connectivity index (χ1) is 9.76. The minimum Gasteiger partial charge on any atom is -0.394 e. The first kappa shape index (κ1) is 12.6. The summed E-state index contributed by atoms with van der Waals surface area (Å²) < 4.78 is 7.28. The lowest BCUT2D eigenvalue weighted by Crippen LogP contribution is -2.49. The van der Waals surface area contributed by atoms with Gasteiger partial charge in [-0.15, -0.1) is 0 Å². The molecule has 0 spiro atoms. The van der Waals surface area contributed by atoms with E-state index < -0.39 is 6.23 Å². The van der Waals surface area contributed by atoms with Crippen molar-refractivity contribution in [1.29, 1.82) is 0 Å². The molecular formula is C10H12N8O2. The van der Waals surface area contributed by atoms with E-state index in [0.717, 1.165) is 0 Å². The minimum atomic E-state index is -0.392. The Kier molecular flexibility index (Phi) is 3.11. The molecule has 3 rings (SSSR count). The molecule has 1 saturated heterocycles. The van der Waals surface area contributed by atoms with Crippen molar-refractivity contribution in [3.05, 3.63) is 23.1 Å². The molecule has 0 aromatic carbocycles. The standard InChI is InChI=1S/C10H12N8O2/c11-8-7-9(14-3-13-8)18(4-15-7)10-5(1-16-17-12)6(2-19)20-10/h3-6,10,19H,1-2H2,(H2,11,13,14). The largest absolute Gasteiger partial charge is 0.394 e. The van der Waals surface area contributed by atoms with E-state index in [1.807, 2.05) is 0 Å². The number of hydrogen-bond acceptors (Lipinski definition) is 7. The first-order valence-electron chi connectivity index (χ1n) is 5.96. The number of nitrogens with zero attached hydrogens (tertiary/aromatic N) is 7. The highest BCUT2D eigenvalue weighted by Crippen LogP contribution is 2.38. The fourth-order valence-corrected chi connectivity index (χ4v) is 2.32. The molecule has 0 radical (unpaired) electrons. The Hall–Kier alpha value is -2.42. The van der Waals surface area contributed by atoms with E-state index in [-0.39, 0.29) is 25.2 Å². The van der Waals surface area contributed by atoms with Crippen LogP contribution in [0, 0.1) is 5.92 Å². The van der Waals surface area contributed by atoms with Crippen molar-refractivity contribution in [1.82, 2.24) is 19.5 Å². The number of imidazole rings is 1. The summed E-state index contributed by atoms with van der Waals surface area (Å²) in [5, 5.41) is 12.7. The van der Waals surface area contributed by atoms with Gasteiger partial charge in [-0.25, -0.2) is 15.0 Å². The van der Waals surface area contributed by atoms with E-state index in [9.17, 15) is 5.11 Å². The Morgan fingerprint density at radius 3 is 3.10 bits per heavy atom. The number of nitrogen functional groups attached to an aromatic ring is 1. The van der Waals surface area contributed by atoms with Crippen molar-refractivity contribution in [3.63, 3.8) is 0 Å². The Balaban J connectivity index is 1.94. The second-order valence-electron chi connectivity index (χ2n) is 4.41. The number of anilines is 1. The van der Waals surface area contributed by atoms with Crippen molar-refractivity contribution in [2.45, 2.75) is 12.3 Å². The minimum absolute atomic E-state index is 0.133. The van der Waals surface area contributed by atoms with Crippen LogP contribution in [-0.2, 0) is 4.74 Å². The summed E-state index contributed by atoms with van der Waals surface area (Å²) in [5.74, 6) is 0.155. The maximum absolute atomic E-state index is 9.20. The summed E-state index contributed by atoms with van der Waals surface area (Å²) in [5.41, 5.74) is 15.2. The zero-order valence-electron chi connectivity index (χ0n) is 10.4. The Morgan fingerprint density at radius 2 is 2.35 bits per heavy atom. The molecule has 2 aromatic rings. The number of ether oxygens (including phenoxy) is 1. The van der Waals surface area contributed by atoms with Gasteiger partial charge in [-0.3, -0.25) is 4.57 Å². The molecule has 10 nitrogen and oxygen atoms in total. The lowest BCUT2D eigenvalue weighted by atomic mass is 9.94. The topological polar surface area (TPSA) is 148 Å². The molecule has 0 amide bonds. The molecule has 10 heteroatoms. The average molecular weight is 276 g/mol. The third-order valence-corrected chi connectivity index (χ3v) is 3.35. The molecule has 20 heavy (non-hydrogen) atoms. The molecule has 2 aromatic heterocycles. The predicted molar refractivity (Wildman–Crippen MR) is 68.2 cm³/mol. The SMILES string of the molecule is [N-]=[N+]=NCC1C(CO)OC1n1cnc2c(N)ncnc21. The van der Waals surface area contributed by atoms with E-state index in [1.54, 1.807) is 10.9 Å². The van der Waals surface area contributed by atoms with Gasteiger partial charge in [0.2, 0.25) is 0 Å². The molecule has 3 heterocycles. The maximum Gasteiger partial charge on any atom is 0.167 e. The van der Waals surface area contributed by atoms with Gasteiger partial charge in [-0.2, -0.15) is 0 Å². The third-order valence-electron chi connectivity index (χ3n) is 3.35. The van der Waals surface area contributed by atoms with Crippen LogP contribution >= 0.6 is 0 Å². The molecule has 1 aliphatic rings. The van der Waals surface area contributed by atoms with Gasteiger partial charge in [-0.05, 0) is 5.53 Å². The van der Waals surface area contributed by atoms with Crippen LogP contribution in [0.2, 0.25) is 0 Å². The monoisotopic (exact) mass is 276 g/mol. The van der Waals surface area contributed by atoms with Crippen molar-refractivity contribution in [2.24, 2.45) is 11.0 Å². The highest BCUT2D eigenvalue weighted by Gasteiger charge is 2.43. The summed E-state index contributed by atoms with van der Waals surface area (Å²) in [6, 6.07) is 0. The second-order valence-corrected chi connectivity index (χ2v) is 4.41. The quantitative estimate of drug-likeness (QED) is 0.463. The molecule has 0 bridgehead atoms. The normalized spacial score (nSPS) is 25.1. The van der Waals surface area contributed by atoms with Gasteiger partial charge in [0, 0.05) is 17.4 Å². The highest BCUT2D eigenvalue weighted by molar-refractivity contribution is 5.81. The number of nitrogens with two attached hydrogens (primary N) is 1. The van der Waals surface area contributed by atoms with E-state index in [4.69, 9.17) is 16.0 Å². The smallest absolute Gasteiger partial charge is 0.167 e. The van der Waals surface area contributed by atoms with Crippen LogP contribution in [0.5, 0.6) is 0 Å². The molecular weight excluding hydrogens is 264 g/mol. The van der Waals surface area contributed by atoms with E-state index >= 15 is 0 Å². The Labute approximate surface area is 112 Å². The molecule has 3 unspecified atom stereocenters. The van der Waals surface area contributed by atoms with Crippen molar-refractivity contribution in [2.75, 3.05) is 18.9 Å². The van der Waals surface area contributed by atoms with Crippen molar-refractivity contribution in [3.8, 4) is 0 Å². The summed E-state index contributed by atoms with van der Waals surface area (Å²) in [6.45, 7) is 0.0957. The van der Waals surface area contributed by atoms with Gasteiger partial charge < -0.3 is 15.6 Å². The van der Waals surface area contributed by atoms with Crippen molar-refractivity contribution >= 4 is 17.0 Å². The summed E-state index contributed by atoms with van der Waals surface area (Å²) >= 11 is 0. The van der Waals surface area contributed by atoms with Crippen LogP contribution in [0.15, 0.2) is 17.8 Å². The predicted octanol–water partition coefficient (Wildman–Crippen LogP) is 0.225. The zero-order chi connectivity index (χ0) is 14.1. The first-order valence-corrected chi connectivity index (χ1v) is 5.96. The molecule has 0 saturated carbocycles. The third kappa shape index (κ3) is 1.83. The van der Waals surface area contributed by atoms with Gasteiger partial charge in [0.25, 0.3) is 0 Å². The van der Waals surface area contributed by atoms with E-state index in [1.165, 1.54) is 6.33 Å². The molecule has 1 aliphatic heterocycles. The summed E-state index contributed by atoms with van der Waals surface area (Å²) in [7, 11) is 0. The number of aliphatic hydroxyl groups is 1. The van der Waals surface area contributed by atoms with Gasteiger partial charge >= 0.3 is 0 Å². The fourth-order valence-electron chi connectivity index (χ4n) is 2.32. The molecule has 3 atom stereocenters. The second kappa shape index (κ2) is 4.93. The zero-order valence-corrected chi connectivity index (χ0v) is 10.4. The van der Waals surface area contributed by atoms with Crippen LogP contribution in [0.1, 0.15) is 6.23 Å². The van der Waals surface area contributed by atoms with Gasteiger partial charge in [0.15, 0.2) is 11.5 Å².